The summed E-state index contributed by atoms with van der Waals surface area (Å²) in [6.07, 6.45) is 4.87. The summed E-state index contributed by atoms with van der Waals surface area (Å²) >= 11 is 4.75. The van der Waals surface area contributed by atoms with E-state index in [2.05, 4.69) is 63.4 Å². The molecule has 0 atom stereocenters. The number of hydrogen-bond donors (Lipinski definition) is 0. The van der Waals surface area contributed by atoms with E-state index < -0.39 is 0 Å². The fourth-order valence-corrected chi connectivity index (χ4v) is 2.81. The van der Waals surface area contributed by atoms with Crippen LogP contribution >= 0.6 is 45.2 Å². The van der Waals surface area contributed by atoms with E-state index in [-0.39, 0.29) is 0 Å². The number of rotatable bonds is 0. The second kappa shape index (κ2) is 4.16. The van der Waals surface area contributed by atoms with Crippen LogP contribution in [0.3, 0.4) is 0 Å². The quantitative estimate of drug-likeness (QED) is 0.609. The van der Waals surface area contributed by atoms with Gasteiger partial charge in [0.25, 0.3) is 0 Å². The lowest BCUT2D eigenvalue weighted by molar-refractivity contribution is 0.258. The Labute approximate surface area is 105 Å². The average Bonchev–Trinajstić information content (AvgIpc) is 2.37. The summed E-state index contributed by atoms with van der Waals surface area (Å²) in [5.41, 5.74) is 2.74. The molecule has 1 heterocycles. The van der Waals surface area contributed by atoms with Crippen LogP contribution in [0.25, 0.3) is 6.08 Å². The van der Waals surface area contributed by atoms with Crippen LogP contribution in [0.15, 0.2) is 18.4 Å². The van der Waals surface area contributed by atoms with Gasteiger partial charge in [-0.3, -0.25) is 0 Å². The second-order valence-electron chi connectivity index (χ2n) is 2.84. The van der Waals surface area contributed by atoms with Crippen molar-refractivity contribution in [3.8, 4) is 0 Å². The van der Waals surface area contributed by atoms with Gasteiger partial charge < -0.3 is 4.74 Å². The Kier molecular flexibility index (Phi) is 3.13. The monoisotopic (exact) mass is 398 g/mol. The Morgan fingerprint density at radius 2 is 1.92 bits per heavy atom. The van der Waals surface area contributed by atoms with E-state index in [1.807, 2.05) is 0 Å². The molecule has 1 aromatic carbocycles. The molecule has 0 radical (unpaired) electrons. The summed E-state index contributed by atoms with van der Waals surface area (Å²) in [6.45, 7) is 0.791. The number of halogens is 2. The molecule has 0 saturated carbocycles. The van der Waals surface area contributed by atoms with E-state index in [4.69, 9.17) is 4.74 Å². The molecule has 1 aromatic rings. The van der Waals surface area contributed by atoms with E-state index in [1.54, 1.807) is 6.26 Å². The molecule has 1 aliphatic rings. The van der Waals surface area contributed by atoms with Crippen molar-refractivity contribution in [3.63, 3.8) is 0 Å². The van der Waals surface area contributed by atoms with Crippen LogP contribution in [0.2, 0.25) is 0 Å². The van der Waals surface area contributed by atoms with Crippen LogP contribution in [0, 0.1) is 7.14 Å². The van der Waals surface area contributed by atoms with Crippen molar-refractivity contribution in [2.75, 3.05) is 6.61 Å². The van der Waals surface area contributed by atoms with Gasteiger partial charge in [-0.2, -0.15) is 0 Å². The third kappa shape index (κ3) is 2.01. The lowest BCUT2D eigenvalue weighted by Gasteiger charge is -2.07. The normalized spacial score (nSPS) is 14.6. The lowest BCUT2D eigenvalue weighted by Crippen LogP contribution is -1.98. The van der Waals surface area contributed by atoms with Gasteiger partial charge >= 0.3 is 0 Å². The summed E-state index contributed by atoms with van der Waals surface area (Å²) in [4.78, 5) is 0. The zero-order valence-corrected chi connectivity index (χ0v) is 11.2. The van der Waals surface area contributed by atoms with Crippen molar-refractivity contribution in [2.45, 2.75) is 6.42 Å². The van der Waals surface area contributed by atoms with E-state index in [0.29, 0.717) is 0 Å². The molecular weight excluding hydrogens is 390 g/mol. The fraction of sp³-hybridized carbons (Fsp3) is 0.200. The molecule has 0 fully saturated rings. The Morgan fingerprint density at radius 1 is 1.15 bits per heavy atom. The average molecular weight is 398 g/mol. The van der Waals surface area contributed by atoms with Gasteiger partial charge in [0, 0.05) is 13.6 Å². The Balaban J connectivity index is 2.61. The molecule has 2 rings (SSSR count). The molecule has 0 aromatic heterocycles. The van der Waals surface area contributed by atoms with Crippen molar-refractivity contribution in [3.05, 3.63) is 36.7 Å². The Hall–Kier alpha value is 0.220. The molecule has 0 N–H and O–H groups in total. The maximum absolute atomic E-state index is 5.30. The van der Waals surface area contributed by atoms with Crippen LogP contribution in [-0.4, -0.2) is 6.61 Å². The molecule has 0 amide bonds. The molecule has 1 nitrogen and oxygen atoms in total. The predicted molar refractivity (Wildman–Crippen MR) is 70.6 cm³/mol. The van der Waals surface area contributed by atoms with Crippen molar-refractivity contribution in [2.24, 2.45) is 0 Å². The highest BCUT2D eigenvalue weighted by Gasteiger charge is 2.10. The molecular formula is C10H8I2O. The Morgan fingerprint density at radius 3 is 2.77 bits per heavy atom. The van der Waals surface area contributed by atoms with E-state index in [0.717, 1.165) is 13.0 Å². The second-order valence-corrected chi connectivity index (χ2v) is 5.17. The molecule has 68 valence electrons. The van der Waals surface area contributed by atoms with Crippen LogP contribution in [0.4, 0.5) is 0 Å². The number of benzene rings is 1. The first kappa shape index (κ1) is 9.76. The highest BCUT2D eigenvalue weighted by atomic mass is 127. The first-order valence-corrected chi connectivity index (χ1v) is 6.20. The number of ether oxygens (including phenoxy) is 1. The summed E-state index contributed by atoms with van der Waals surface area (Å²) in [5.74, 6) is 0. The van der Waals surface area contributed by atoms with Gasteiger partial charge in [-0.25, -0.2) is 0 Å². The van der Waals surface area contributed by atoms with E-state index in [9.17, 15) is 0 Å². The fourth-order valence-electron chi connectivity index (χ4n) is 1.39. The van der Waals surface area contributed by atoms with Gasteiger partial charge in [-0.15, -0.1) is 0 Å². The van der Waals surface area contributed by atoms with Crippen LogP contribution in [0.1, 0.15) is 11.1 Å². The van der Waals surface area contributed by atoms with Crippen molar-refractivity contribution in [1.82, 2.24) is 0 Å². The SMILES string of the molecule is Ic1ccc(I)c2c1C=COCC2. The zero-order chi connectivity index (χ0) is 9.26. The number of fused-ring (bicyclic) bond motifs is 1. The third-order valence-corrected chi connectivity index (χ3v) is 4.00. The van der Waals surface area contributed by atoms with Gasteiger partial charge in [-0.1, -0.05) is 0 Å². The molecule has 0 bridgehead atoms. The van der Waals surface area contributed by atoms with Gasteiger partial charge in [0.05, 0.1) is 12.9 Å². The minimum Gasteiger partial charge on any atom is -0.501 e. The summed E-state index contributed by atoms with van der Waals surface area (Å²) in [6, 6.07) is 4.32. The molecule has 1 aliphatic heterocycles. The van der Waals surface area contributed by atoms with Gasteiger partial charge in [-0.05, 0) is 74.5 Å². The summed E-state index contributed by atoms with van der Waals surface area (Å²) in [7, 11) is 0. The minimum absolute atomic E-state index is 0.791. The molecule has 3 heteroatoms. The van der Waals surface area contributed by atoms with E-state index in [1.165, 1.54) is 18.3 Å². The minimum atomic E-state index is 0.791. The summed E-state index contributed by atoms with van der Waals surface area (Å²) in [5, 5.41) is 0. The number of hydrogen-bond acceptors (Lipinski definition) is 1. The first-order chi connectivity index (χ1) is 6.29. The first-order valence-electron chi connectivity index (χ1n) is 4.04. The maximum atomic E-state index is 5.30. The molecule has 0 saturated heterocycles. The Bertz CT molecular complexity index is 358. The van der Waals surface area contributed by atoms with Crippen LogP contribution in [-0.2, 0) is 11.2 Å². The topological polar surface area (TPSA) is 9.23 Å². The van der Waals surface area contributed by atoms with Gasteiger partial charge in [0.2, 0.25) is 0 Å². The highest BCUT2D eigenvalue weighted by molar-refractivity contribution is 14.1. The van der Waals surface area contributed by atoms with Crippen LogP contribution in [0.5, 0.6) is 0 Å². The highest BCUT2D eigenvalue weighted by Crippen LogP contribution is 2.25. The predicted octanol–water partition coefficient (Wildman–Crippen LogP) is 3.44. The standard InChI is InChI=1S/C10H8I2O/c11-9-1-2-10(12)8-4-6-13-5-3-7(8)9/h1-3,5H,4,6H2. The molecule has 0 spiro atoms. The molecule has 0 aliphatic carbocycles. The van der Waals surface area contributed by atoms with Gasteiger partial charge in [0.1, 0.15) is 0 Å². The largest absolute Gasteiger partial charge is 0.501 e. The van der Waals surface area contributed by atoms with Crippen molar-refractivity contribution < 1.29 is 4.74 Å². The van der Waals surface area contributed by atoms with E-state index >= 15 is 0 Å². The lowest BCUT2D eigenvalue weighted by atomic mass is 10.1. The third-order valence-electron chi connectivity index (χ3n) is 2.05. The molecule has 13 heavy (non-hydrogen) atoms. The zero-order valence-electron chi connectivity index (χ0n) is 6.89. The van der Waals surface area contributed by atoms with Crippen molar-refractivity contribution >= 4 is 51.3 Å². The summed E-state index contributed by atoms with van der Waals surface area (Å²) < 4.78 is 7.94. The van der Waals surface area contributed by atoms with Crippen molar-refractivity contribution in [1.29, 1.82) is 0 Å². The van der Waals surface area contributed by atoms with Gasteiger partial charge in [0.15, 0.2) is 0 Å². The van der Waals surface area contributed by atoms with Crippen LogP contribution < -0.4 is 0 Å². The maximum Gasteiger partial charge on any atom is 0.0914 e. The molecule has 0 unspecified atom stereocenters. The smallest absolute Gasteiger partial charge is 0.0914 e.